The number of methoxy groups -OCH3 is 1. The van der Waals surface area contributed by atoms with Crippen molar-refractivity contribution in [3.8, 4) is 28.3 Å². The first-order valence-corrected chi connectivity index (χ1v) is 13.4. The molecule has 0 aliphatic heterocycles. The summed E-state index contributed by atoms with van der Waals surface area (Å²) in [5.74, 6) is -0.0371. The van der Waals surface area contributed by atoms with Crippen LogP contribution >= 0.6 is 0 Å². The van der Waals surface area contributed by atoms with Crippen molar-refractivity contribution in [3.05, 3.63) is 59.3 Å². The van der Waals surface area contributed by atoms with Gasteiger partial charge in [0.1, 0.15) is 23.7 Å². The molecule has 3 aliphatic carbocycles. The molecule has 4 aromatic rings. The Bertz CT molecular complexity index is 1700. The van der Waals surface area contributed by atoms with E-state index in [2.05, 4.69) is 25.9 Å². The third-order valence-corrected chi connectivity index (χ3v) is 7.92. The Labute approximate surface area is 238 Å². The summed E-state index contributed by atoms with van der Waals surface area (Å²) in [7, 11) is 2.86. The van der Waals surface area contributed by atoms with Crippen LogP contribution in [0.3, 0.4) is 0 Å². The molecule has 3 saturated carbocycles. The molecule has 9 nitrogen and oxygen atoms in total. The van der Waals surface area contributed by atoms with Crippen molar-refractivity contribution in [3.63, 3.8) is 0 Å². The van der Waals surface area contributed by atoms with Gasteiger partial charge in [0.05, 0.1) is 18.1 Å². The second-order valence-electron chi connectivity index (χ2n) is 11.0. The maximum absolute atomic E-state index is 13.3. The molecule has 2 bridgehead atoms. The number of hydrogen-bond acceptors (Lipinski definition) is 7. The number of pyridine rings is 2. The largest absolute Gasteiger partial charge is 0.480 e. The summed E-state index contributed by atoms with van der Waals surface area (Å²) < 4.78 is 51.2. The average Bonchev–Trinajstić information content (AvgIpc) is 3.30. The number of ether oxygens (including phenoxy) is 1. The minimum atomic E-state index is -4.54. The van der Waals surface area contributed by atoms with E-state index in [1.165, 1.54) is 32.5 Å². The number of anilines is 1. The van der Waals surface area contributed by atoms with Crippen LogP contribution in [0.25, 0.3) is 33.6 Å². The Morgan fingerprint density at radius 3 is 2.40 bits per heavy atom. The van der Waals surface area contributed by atoms with Gasteiger partial charge in [-0.1, -0.05) is 29.8 Å². The molecule has 1 aromatic carbocycles. The number of nitrogens with zero attached hydrogens (tertiary/aromatic N) is 2. The Morgan fingerprint density at radius 1 is 1.10 bits per heavy atom. The summed E-state index contributed by atoms with van der Waals surface area (Å²) in [4.78, 5) is 35.0. The third-order valence-electron chi connectivity index (χ3n) is 7.92. The van der Waals surface area contributed by atoms with E-state index in [9.17, 15) is 22.8 Å². The minimum Gasteiger partial charge on any atom is -0.480 e. The molecular formula is C30H28F3N5O4. The smallest absolute Gasteiger partial charge is 0.405 e. The molecular weight excluding hydrogens is 551 g/mol. The molecule has 0 atom stereocenters. The van der Waals surface area contributed by atoms with Gasteiger partial charge in [-0.25, -0.2) is 4.98 Å². The van der Waals surface area contributed by atoms with E-state index >= 15 is 0 Å². The van der Waals surface area contributed by atoms with E-state index in [1.54, 1.807) is 12.1 Å². The quantitative estimate of drug-likeness (QED) is 0.253. The molecule has 3 fully saturated rings. The highest BCUT2D eigenvalue weighted by Crippen LogP contribution is 2.57. The van der Waals surface area contributed by atoms with Gasteiger partial charge in [0.15, 0.2) is 0 Å². The van der Waals surface area contributed by atoms with Crippen LogP contribution < -0.4 is 20.7 Å². The normalized spacial score (nSPS) is 19.0. The topological polar surface area (TPSA) is 118 Å². The van der Waals surface area contributed by atoms with Crippen LogP contribution in [0.1, 0.15) is 45.5 Å². The van der Waals surface area contributed by atoms with Gasteiger partial charge in [0.25, 0.3) is 11.8 Å². The summed E-state index contributed by atoms with van der Waals surface area (Å²) in [5, 5.41) is 8.30. The lowest BCUT2D eigenvalue weighted by Gasteiger charge is -2.61. The number of furan rings is 1. The lowest BCUT2D eigenvalue weighted by atomic mass is 9.50. The number of alkyl halides is 3. The lowest BCUT2D eigenvalue weighted by molar-refractivity contribution is -0.115. The highest BCUT2D eigenvalue weighted by molar-refractivity contribution is 6.11. The van der Waals surface area contributed by atoms with Gasteiger partial charge in [0.2, 0.25) is 11.6 Å². The molecule has 0 saturated heterocycles. The molecule has 0 spiro atoms. The predicted octanol–water partition coefficient (Wildman–Crippen LogP) is 5.49. The number of carbonyl (C=O) groups excluding carboxylic acids is 2. The number of fused-ring (bicyclic) bond motifs is 1. The first-order valence-electron chi connectivity index (χ1n) is 13.4. The van der Waals surface area contributed by atoms with Crippen molar-refractivity contribution in [1.29, 1.82) is 0 Å². The zero-order valence-corrected chi connectivity index (χ0v) is 23.1. The zero-order valence-electron chi connectivity index (χ0n) is 23.1. The molecule has 0 radical (unpaired) electrons. The number of amides is 2. The molecule has 12 heteroatoms. The van der Waals surface area contributed by atoms with Gasteiger partial charge >= 0.3 is 6.18 Å². The monoisotopic (exact) mass is 579 g/mol. The number of aromatic nitrogens is 2. The van der Waals surface area contributed by atoms with E-state index in [1.807, 2.05) is 19.1 Å². The number of carbonyl (C=O) groups is 2. The molecule has 3 N–H and O–H groups in total. The van der Waals surface area contributed by atoms with Gasteiger partial charge in [-0.3, -0.25) is 9.59 Å². The molecule has 0 unspecified atom stereocenters. The van der Waals surface area contributed by atoms with Crippen molar-refractivity contribution in [2.24, 2.45) is 5.92 Å². The van der Waals surface area contributed by atoms with Crippen molar-refractivity contribution in [2.75, 3.05) is 26.0 Å². The number of nitrogens with one attached hydrogen (secondary N) is 3. The van der Waals surface area contributed by atoms with Crippen LogP contribution in [0.2, 0.25) is 0 Å². The van der Waals surface area contributed by atoms with Crippen molar-refractivity contribution >= 4 is 28.7 Å². The second kappa shape index (κ2) is 10.0. The number of aryl methyl sites for hydroxylation is 1. The molecule has 42 heavy (non-hydrogen) atoms. The number of rotatable bonds is 8. The lowest BCUT2D eigenvalue weighted by Crippen LogP contribution is -2.68. The first kappa shape index (κ1) is 27.6. The van der Waals surface area contributed by atoms with Gasteiger partial charge in [-0.2, -0.15) is 18.2 Å². The van der Waals surface area contributed by atoms with Crippen LogP contribution in [0.4, 0.5) is 19.0 Å². The van der Waals surface area contributed by atoms with Crippen molar-refractivity contribution in [1.82, 2.24) is 20.6 Å². The summed E-state index contributed by atoms with van der Waals surface area (Å²) in [6, 6.07) is 10.3. The van der Waals surface area contributed by atoms with Crippen LogP contribution in [-0.4, -0.2) is 54.2 Å². The SMILES string of the molecule is CNC(=O)c1c(-c2ccc(C)cc2)oc2nc(NCC(F)(F)F)c(-c3cnc(OC)c(C(=O)NC45CC(C4)C5)c3)cc12. The van der Waals surface area contributed by atoms with E-state index in [4.69, 9.17) is 9.15 Å². The molecule has 3 heterocycles. The van der Waals surface area contributed by atoms with Crippen LogP contribution in [0, 0.1) is 12.8 Å². The fourth-order valence-electron chi connectivity index (χ4n) is 5.69. The van der Waals surface area contributed by atoms with Crippen LogP contribution in [0.15, 0.2) is 47.0 Å². The summed E-state index contributed by atoms with van der Waals surface area (Å²) in [6.07, 6.45) is -0.382. The molecule has 7 rings (SSSR count). The van der Waals surface area contributed by atoms with E-state index in [0.29, 0.717) is 17.0 Å². The van der Waals surface area contributed by atoms with Crippen molar-refractivity contribution in [2.45, 2.75) is 37.9 Å². The highest BCUT2D eigenvalue weighted by atomic mass is 19.4. The molecule has 3 aliphatic rings. The number of benzene rings is 1. The van der Waals surface area contributed by atoms with E-state index in [-0.39, 0.29) is 56.7 Å². The Morgan fingerprint density at radius 2 is 1.81 bits per heavy atom. The minimum absolute atomic E-state index is 0.0272. The van der Waals surface area contributed by atoms with Gasteiger partial charge < -0.3 is 25.1 Å². The zero-order chi connectivity index (χ0) is 29.8. The third kappa shape index (κ3) is 4.90. The van der Waals surface area contributed by atoms with Gasteiger partial charge in [-0.15, -0.1) is 0 Å². The average molecular weight is 580 g/mol. The second-order valence-corrected chi connectivity index (χ2v) is 11.0. The highest BCUT2D eigenvalue weighted by Gasteiger charge is 2.57. The maximum atomic E-state index is 13.3. The molecule has 3 aromatic heterocycles. The maximum Gasteiger partial charge on any atom is 0.405 e. The van der Waals surface area contributed by atoms with Crippen molar-refractivity contribution < 1.29 is 31.9 Å². The molecule has 218 valence electrons. The Hall–Kier alpha value is -4.61. The fourth-order valence-corrected chi connectivity index (χ4v) is 5.69. The number of hydrogen-bond donors (Lipinski definition) is 3. The Kier molecular flexibility index (Phi) is 6.58. The summed E-state index contributed by atoms with van der Waals surface area (Å²) >= 11 is 0. The van der Waals surface area contributed by atoms with Crippen LogP contribution in [0.5, 0.6) is 5.88 Å². The summed E-state index contributed by atoms with van der Waals surface area (Å²) in [6.45, 7) is 0.549. The summed E-state index contributed by atoms with van der Waals surface area (Å²) in [5.41, 5.74) is 2.17. The number of halogens is 3. The van der Waals surface area contributed by atoms with Gasteiger partial charge in [-0.05, 0) is 44.2 Å². The standard InChI is InChI=1S/C30H28F3N5O4/c1-15-4-6-17(7-5-15)23-22(26(40)34-2)20-9-19(24(37-28(20)42-23)36-14-30(31,32)33)18-8-21(27(41-3)35-13-18)25(39)38-29-10-16(11-29)12-29/h4-9,13,16H,10-12,14H2,1-3H3,(H,34,40)(H,36,37)(H,38,39). The van der Waals surface area contributed by atoms with Crippen LogP contribution in [-0.2, 0) is 0 Å². The predicted molar refractivity (Wildman–Crippen MR) is 149 cm³/mol. The Balaban J connectivity index is 1.51. The van der Waals surface area contributed by atoms with Gasteiger partial charge in [0, 0.05) is 35.5 Å². The van der Waals surface area contributed by atoms with E-state index < -0.39 is 18.6 Å². The molecule has 2 amide bonds. The fraction of sp³-hybridized carbons (Fsp3) is 0.333. The van der Waals surface area contributed by atoms with E-state index in [0.717, 1.165) is 24.8 Å². The first-order chi connectivity index (χ1) is 20.0.